The van der Waals surface area contributed by atoms with Gasteiger partial charge in [0.25, 0.3) is 0 Å². The molecule has 0 saturated carbocycles. The molecule has 0 aliphatic rings. The van der Waals surface area contributed by atoms with Crippen molar-refractivity contribution in [1.29, 1.82) is 5.26 Å². The monoisotopic (exact) mass is 345 g/mol. The second-order valence-electron chi connectivity index (χ2n) is 5.92. The summed E-state index contributed by atoms with van der Waals surface area (Å²) in [7, 11) is 0. The first-order chi connectivity index (χ1) is 12.6. The minimum absolute atomic E-state index is 0.156. The summed E-state index contributed by atoms with van der Waals surface area (Å²) in [6.07, 6.45) is 3.49. The zero-order valence-corrected chi connectivity index (χ0v) is 14.7. The van der Waals surface area contributed by atoms with Crippen LogP contribution in [0.4, 0.5) is 0 Å². The molecule has 0 aliphatic carbocycles. The molecule has 26 heavy (non-hydrogen) atoms. The Morgan fingerprint density at radius 1 is 1.23 bits per heavy atom. The minimum Gasteiger partial charge on any atom is -0.476 e. The van der Waals surface area contributed by atoms with Gasteiger partial charge in [0.05, 0.1) is 0 Å². The lowest BCUT2D eigenvalue weighted by molar-refractivity contribution is 0.102. The van der Waals surface area contributed by atoms with Crippen molar-refractivity contribution in [3.8, 4) is 11.8 Å². The van der Waals surface area contributed by atoms with E-state index in [0.717, 1.165) is 28.5 Å². The predicted molar refractivity (Wildman–Crippen MR) is 101 cm³/mol. The highest BCUT2D eigenvalue weighted by Crippen LogP contribution is 2.27. The van der Waals surface area contributed by atoms with Crippen molar-refractivity contribution in [3.05, 3.63) is 71.5 Å². The zero-order chi connectivity index (χ0) is 18.5. The Balaban J connectivity index is 1.79. The second kappa shape index (κ2) is 7.71. The van der Waals surface area contributed by atoms with Crippen molar-refractivity contribution in [1.82, 2.24) is 0 Å². The number of fused-ring (bicyclic) bond motifs is 1. The van der Waals surface area contributed by atoms with Crippen LogP contribution >= 0.6 is 0 Å². The van der Waals surface area contributed by atoms with Gasteiger partial charge in [0.15, 0.2) is 11.9 Å². The molecule has 3 rings (SSSR count). The molecule has 1 heterocycles. The molecule has 3 aromatic rings. The SMILES string of the molecule is CCc1c(C(=O)/C=C/c2ccc(OC(C)C#N)cc2)oc2ccccc12. The lowest BCUT2D eigenvalue weighted by atomic mass is 10.1. The second-order valence-corrected chi connectivity index (χ2v) is 5.92. The number of nitrogens with zero attached hydrogens (tertiary/aromatic N) is 1. The number of para-hydroxylation sites is 1. The molecule has 2 aromatic carbocycles. The summed E-state index contributed by atoms with van der Waals surface area (Å²) in [6, 6.07) is 16.9. The van der Waals surface area contributed by atoms with Crippen LogP contribution in [-0.2, 0) is 6.42 Å². The van der Waals surface area contributed by atoms with E-state index in [1.54, 1.807) is 25.1 Å². The summed E-state index contributed by atoms with van der Waals surface area (Å²) in [6.45, 7) is 3.70. The number of hydrogen-bond acceptors (Lipinski definition) is 4. The highest BCUT2D eigenvalue weighted by Gasteiger charge is 2.17. The van der Waals surface area contributed by atoms with E-state index in [1.165, 1.54) is 6.08 Å². The Hall–Kier alpha value is -3.32. The molecule has 4 nitrogen and oxygen atoms in total. The number of aryl methyl sites for hydroxylation is 1. The maximum absolute atomic E-state index is 12.6. The summed E-state index contributed by atoms with van der Waals surface area (Å²) in [5, 5.41) is 9.75. The number of allylic oxidation sites excluding steroid dienone is 1. The predicted octanol–water partition coefficient (Wildman–Crippen LogP) is 5.18. The third-order valence-corrected chi connectivity index (χ3v) is 4.08. The number of furan rings is 1. The molecular formula is C22H19NO3. The fraction of sp³-hybridized carbons (Fsp3) is 0.182. The number of carbonyl (C=O) groups is 1. The first kappa shape index (κ1) is 17.5. The molecular weight excluding hydrogens is 326 g/mol. The quantitative estimate of drug-likeness (QED) is 0.456. The number of rotatable bonds is 6. The molecule has 0 amide bonds. The smallest absolute Gasteiger partial charge is 0.221 e. The van der Waals surface area contributed by atoms with Gasteiger partial charge >= 0.3 is 0 Å². The van der Waals surface area contributed by atoms with Crippen LogP contribution in [-0.4, -0.2) is 11.9 Å². The lowest BCUT2D eigenvalue weighted by Crippen LogP contribution is -2.07. The molecule has 0 fully saturated rings. The average molecular weight is 345 g/mol. The van der Waals surface area contributed by atoms with Crippen LogP contribution in [0.1, 0.15) is 35.5 Å². The Bertz CT molecular complexity index is 990. The third kappa shape index (κ3) is 3.68. The van der Waals surface area contributed by atoms with Crippen molar-refractivity contribution in [2.75, 3.05) is 0 Å². The average Bonchev–Trinajstić information content (AvgIpc) is 3.05. The Morgan fingerprint density at radius 2 is 1.96 bits per heavy atom. The van der Waals surface area contributed by atoms with Crippen LogP contribution in [0.2, 0.25) is 0 Å². The van der Waals surface area contributed by atoms with Crippen LogP contribution in [0, 0.1) is 11.3 Å². The maximum atomic E-state index is 12.6. The maximum Gasteiger partial charge on any atom is 0.221 e. The molecule has 0 radical (unpaired) electrons. The van der Waals surface area contributed by atoms with Crippen LogP contribution in [0.5, 0.6) is 5.75 Å². The Morgan fingerprint density at radius 3 is 2.65 bits per heavy atom. The molecule has 0 saturated heterocycles. The van der Waals surface area contributed by atoms with Gasteiger partial charge in [-0.05, 0) is 43.2 Å². The van der Waals surface area contributed by atoms with Gasteiger partial charge in [-0.1, -0.05) is 43.3 Å². The van der Waals surface area contributed by atoms with Gasteiger partial charge in [0, 0.05) is 10.9 Å². The summed E-state index contributed by atoms with van der Waals surface area (Å²) in [4.78, 5) is 12.6. The fourth-order valence-corrected chi connectivity index (χ4v) is 2.78. The first-order valence-corrected chi connectivity index (χ1v) is 8.51. The molecule has 0 N–H and O–H groups in total. The Kier molecular flexibility index (Phi) is 5.19. The van der Waals surface area contributed by atoms with Crippen LogP contribution in [0.3, 0.4) is 0 Å². The van der Waals surface area contributed by atoms with E-state index in [1.807, 2.05) is 49.4 Å². The normalized spacial score (nSPS) is 12.2. The summed E-state index contributed by atoms with van der Waals surface area (Å²) in [5.41, 5.74) is 2.53. The van der Waals surface area contributed by atoms with E-state index in [0.29, 0.717) is 11.5 Å². The van der Waals surface area contributed by atoms with Crippen LogP contribution in [0.15, 0.2) is 59.0 Å². The standard InChI is InChI=1S/C22H19NO3/c1-3-18-19-6-4-5-7-21(19)26-22(18)20(24)13-10-16-8-11-17(12-9-16)25-15(2)14-23/h4-13,15H,3H2,1-2H3/b13-10+. The third-order valence-electron chi connectivity index (χ3n) is 4.08. The molecule has 1 atom stereocenters. The molecule has 1 unspecified atom stereocenters. The van der Waals surface area contributed by atoms with Crippen molar-refractivity contribution < 1.29 is 13.9 Å². The Labute approximate surface area is 152 Å². The van der Waals surface area contributed by atoms with E-state index in [9.17, 15) is 4.79 Å². The number of nitriles is 1. The number of benzene rings is 2. The highest BCUT2D eigenvalue weighted by atomic mass is 16.5. The van der Waals surface area contributed by atoms with E-state index in [-0.39, 0.29) is 5.78 Å². The van der Waals surface area contributed by atoms with E-state index >= 15 is 0 Å². The summed E-state index contributed by atoms with van der Waals surface area (Å²) < 4.78 is 11.2. The van der Waals surface area contributed by atoms with Crippen LogP contribution in [0.25, 0.3) is 17.0 Å². The molecule has 4 heteroatoms. The summed E-state index contributed by atoms with van der Waals surface area (Å²) in [5.74, 6) is 0.859. The molecule has 0 spiro atoms. The van der Waals surface area contributed by atoms with Gasteiger partial charge in [-0.2, -0.15) is 5.26 Å². The molecule has 0 bridgehead atoms. The topological polar surface area (TPSA) is 63.2 Å². The highest BCUT2D eigenvalue weighted by molar-refractivity contribution is 6.08. The number of ketones is 1. The molecule has 1 aromatic heterocycles. The van der Waals surface area contributed by atoms with E-state index in [4.69, 9.17) is 14.4 Å². The van der Waals surface area contributed by atoms with Gasteiger partial charge in [-0.3, -0.25) is 4.79 Å². The van der Waals surface area contributed by atoms with E-state index < -0.39 is 6.10 Å². The minimum atomic E-state index is -0.501. The van der Waals surface area contributed by atoms with Crippen LogP contribution < -0.4 is 4.74 Å². The van der Waals surface area contributed by atoms with Crippen molar-refractivity contribution in [3.63, 3.8) is 0 Å². The lowest BCUT2D eigenvalue weighted by Gasteiger charge is -2.07. The number of hydrogen-bond donors (Lipinski definition) is 0. The van der Waals surface area contributed by atoms with E-state index in [2.05, 4.69) is 0 Å². The molecule has 130 valence electrons. The fourth-order valence-electron chi connectivity index (χ4n) is 2.78. The molecule has 0 aliphatic heterocycles. The number of carbonyl (C=O) groups excluding carboxylic acids is 1. The summed E-state index contributed by atoms with van der Waals surface area (Å²) >= 11 is 0. The van der Waals surface area contributed by atoms with Gasteiger partial charge < -0.3 is 9.15 Å². The van der Waals surface area contributed by atoms with Gasteiger partial charge in [-0.15, -0.1) is 0 Å². The van der Waals surface area contributed by atoms with Crippen molar-refractivity contribution in [2.24, 2.45) is 0 Å². The largest absolute Gasteiger partial charge is 0.476 e. The van der Waals surface area contributed by atoms with Gasteiger partial charge in [-0.25, -0.2) is 0 Å². The van der Waals surface area contributed by atoms with Gasteiger partial charge in [0.1, 0.15) is 17.4 Å². The van der Waals surface area contributed by atoms with Gasteiger partial charge in [0.2, 0.25) is 5.78 Å². The first-order valence-electron chi connectivity index (χ1n) is 8.51. The van der Waals surface area contributed by atoms with Crippen molar-refractivity contribution >= 4 is 22.8 Å². The zero-order valence-electron chi connectivity index (χ0n) is 14.7. The number of ether oxygens (including phenoxy) is 1. The van der Waals surface area contributed by atoms with Crippen molar-refractivity contribution in [2.45, 2.75) is 26.4 Å².